The first-order valence-electron chi connectivity index (χ1n) is 8.50. The Balaban J connectivity index is 1.44. The van der Waals surface area contributed by atoms with Gasteiger partial charge < -0.3 is 14.6 Å². The molecule has 136 valence electrons. The van der Waals surface area contributed by atoms with Crippen molar-refractivity contribution in [2.24, 2.45) is 0 Å². The van der Waals surface area contributed by atoms with E-state index in [1.807, 2.05) is 32.0 Å². The summed E-state index contributed by atoms with van der Waals surface area (Å²) in [5, 5.41) is 14.7. The highest BCUT2D eigenvalue weighted by Crippen LogP contribution is 2.22. The van der Waals surface area contributed by atoms with Crippen LogP contribution in [0, 0.1) is 13.8 Å². The molecule has 7 nitrogen and oxygen atoms in total. The molecule has 0 atom stereocenters. The van der Waals surface area contributed by atoms with Crippen molar-refractivity contribution in [3.8, 4) is 5.75 Å². The number of hydrogen-bond donors (Lipinski definition) is 2. The maximum atomic E-state index is 12.5. The van der Waals surface area contributed by atoms with Gasteiger partial charge >= 0.3 is 0 Å². The van der Waals surface area contributed by atoms with E-state index in [9.17, 15) is 4.79 Å². The normalized spacial score (nSPS) is 10.9. The fourth-order valence-corrected chi connectivity index (χ4v) is 2.83. The van der Waals surface area contributed by atoms with Crippen LogP contribution in [0.1, 0.15) is 27.4 Å². The number of rotatable bonds is 5. The summed E-state index contributed by atoms with van der Waals surface area (Å²) in [6, 6.07) is 12.6. The van der Waals surface area contributed by atoms with E-state index in [1.165, 1.54) is 0 Å². The summed E-state index contributed by atoms with van der Waals surface area (Å²) in [5.74, 6) is 1.22. The lowest BCUT2D eigenvalue weighted by molar-refractivity contribution is 0.102. The highest BCUT2D eigenvalue weighted by atomic mass is 16.5. The zero-order chi connectivity index (χ0) is 18.8. The molecule has 0 unspecified atom stereocenters. The molecule has 1 amide bonds. The molecule has 0 aliphatic heterocycles. The van der Waals surface area contributed by atoms with Crippen molar-refractivity contribution in [3.63, 3.8) is 0 Å². The molecular weight excluding hydrogens is 344 g/mol. The van der Waals surface area contributed by atoms with Crippen molar-refractivity contribution >= 4 is 22.5 Å². The lowest BCUT2D eigenvalue weighted by Gasteiger charge is -2.08. The monoisotopic (exact) mass is 362 g/mol. The zero-order valence-corrected chi connectivity index (χ0v) is 14.9. The lowest BCUT2D eigenvalue weighted by atomic mass is 10.2. The fourth-order valence-electron chi connectivity index (χ4n) is 2.83. The van der Waals surface area contributed by atoms with Crippen LogP contribution in [0.25, 0.3) is 10.9 Å². The number of amides is 1. The molecule has 4 rings (SSSR count). The van der Waals surface area contributed by atoms with E-state index in [0.717, 1.165) is 27.9 Å². The molecule has 0 aliphatic carbocycles. The van der Waals surface area contributed by atoms with Crippen molar-refractivity contribution < 1.29 is 14.1 Å². The number of aromatic nitrogens is 3. The third-order valence-electron chi connectivity index (χ3n) is 4.41. The molecule has 27 heavy (non-hydrogen) atoms. The minimum Gasteiger partial charge on any atom is -0.489 e. The number of fused-ring (bicyclic) bond motifs is 1. The number of anilines is 1. The third kappa shape index (κ3) is 3.39. The number of aryl methyl sites for hydroxylation is 2. The number of para-hydroxylation sites is 1. The summed E-state index contributed by atoms with van der Waals surface area (Å²) in [4.78, 5) is 12.5. The largest absolute Gasteiger partial charge is 0.489 e. The van der Waals surface area contributed by atoms with Gasteiger partial charge in [-0.25, -0.2) is 0 Å². The Bertz CT molecular complexity index is 1080. The summed E-state index contributed by atoms with van der Waals surface area (Å²) in [7, 11) is 0. The number of benzene rings is 2. The molecule has 0 fully saturated rings. The molecule has 0 spiro atoms. The van der Waals surface area contributed by atoms with Crippen LogP contribution in [0.15, 0.2) is 53.2 Å². The first-order chi connectivity index (χ1) is 13.1. The molecule has 2 aromatic carbocycles. The minimum absolute atomic E-state index is 0.200. The van der Waals surface area contributed by atoms with Crippen molar-refractivity contribution in [2.45, 2.75) is 20.5 Å². The molecule has 2 heterocycles. The number of aromatic amines is 1. The van der Waals surface area contributed by atoms with Crippen LogP contribution < -0.4 is 10.1 Å². The standard InChI is InChI=1S/C20H18N4O3/c1-12-17(13(2)27-24-12)11-26-16-8-6-14(7-9-16)20(25)22-18-5-3-4-15-10-21-23-19(15)18/h3-10H,11H2,1-2H3,(H,21,23)(H,22,25). The van der Waals surface area contributed by atoms with E-state index < -0.39 is 0 Å². The Morgan fingerprint density at radius 2 is 2.00 bits per heavy atom. The lowest BCUT2D eigenvalue weighted by Crippen LogP contribution is -2.12. The number of nitrogens with zero attached hydrogens (tertiary/aromatic N) is 2. The van der Waals surface area contributed by atoms with E-state index >= 15 is 0 Å². The van der Waals surface area contributed by atoms with Crippen LogP contribution >= 0.6 is 0 Å². The van der Waals surface area contributed by atoms with Crippen LogP contribution in [0.5, 0.6) is 5.75 Å². The van der Waals surface area contributed by atoms with Gasteiger partial charge in [-0.05, 0) is 44.2 Å². The van der Waals surface area contributed by atoms with E-state index in [1.54, 1.807) is 30.5 Å². The SMILES string of the molecule is Cc1noc(C)c1COc1ccc(C(=O)Nc2cccc3cn[nH]c23)cc1. The van der Waals surface area contributed by atoms with Gasteiger partial charge in [0.1, 0.15) is 18.1 Å². The number of carbonyl (C=O) groups is 1. The maximum Gasteiger partial charge on any atom is 0.255 e. The molecule has 0 aliphatic rings. The first-order valence-corrected chi connectivity index (χ1v) is 8.50. The number of carbonyl (C=O) groups excluding carboxylic acids is 1. The van der Waals surface area contributed by atoms with Crippen LogP contribution in [0.3, 0.4) is 0 Å². The summed E-state index contributed by atoms with van der Waals surface area (Å²) in [6.07, 6.45) is 1.72. The minimum atomic E-state index is -0.200. The van der Waals surface area contributed by atoms with Crippen LogP contribution in [-0.4, -0.2) is 21.3 Å². The number of ether oxygens (including phenoxy) is 1. The second-order valence-electron chi connectivity index (χ2n) is 6.21. The molecular formula is C20H18N4O3. The van der Waals surface area contributed by atoms with Crippen molar-refractivity contribution in [3.05, 3.63) is 71.2 Å². The van der Waals surface area contributed by atoms with E-state index in [0.29, 0.717) is 23.6 Å². The molecule has 0 saturated heterocycles. The molecule has 2 aromatic heterocycles. The van der Waals surface area contributed by atoms with Crippen molar-refractivity contribution in [1.29, 1.82) is 0 Å². The highest BCUT2D eigenvalue weighted by Gasteiger charge is 2.11. The van der Waals surface area contributed by atoms with Crippen LogP contribution in [-0.2, 0) is 6.61 Å². The van der Waals surface area contributed by atoms with Gasteiger partial charge in [-0.1, -0.05) is 17.3 Å². The maximum absolute atomic E-state index is 12.5. The predicted octanol–water partition coefficient (Wildman–Crippen LogP) is 4.00. The highest BCUT2D eigenvalue weighted by molar-refractivity contribution is 6.08. The molecule has 0 saturated carbocycles. The van der Waals surface area contributed by atoms with E-state index in [-0.39, 0.29) is 5.91 Å². The van der Waals surface area contributed by atoms with Crippen molar-refractivity contribution in [2.75, 3.05) is 5.32 Å². The summed E-state index contributed by atoms with van der Waals surface area (Å²) in [5.41, 5.74) is 3.77. The van der Waals surface area contributed by atoms with Gasteiger partial charge in [0.15, 0.2) is 0 Å². The van der Waals surface area contributed by atoms with Gasteiger partial charge in [-0.3, -0.25) is 9.89 Å². The first kappa shape index (κ1) is 16.8. The van der Waals surface area contributed by atoms with Crippen molar-refractivity contribution in [1.82, 2.24) is 15.4 Å². The van der Waals surface area contributed by atoms with Crippen LogP contribution in [0.4, 0.5) is 5.69 Å². The molecule has 7 heteroatoms. The second-order valence-corrected chi connectivity index (χ2v) is 6.21. The Labute approximate surface area is 155 Å². The number of H-pyrrole nitrogens is 1. The summed E-state index contributed by atoms with van der Waals surface area (Å²) < 4.78 is 10.9. The average Bonchev–Trinajstić information content (AvgIpc) is 3.28. The van der Waals surface area contributed by atoms with Gasteiger partial charge in [-0.15, -0.1) is 0 Å². The van der Waals surface area contributed by atoms with Gasteiger partial charge in [-0.2, -0.15) is 5.10 Å². The summed E-state index contributed by atoms with van der Waals surface area (Å²) >= 11 is 0. The molecule has 0 radical (unpaired) electrons. The quantitative estimate of drug-likeness (QED) is 0.560. The van der Waals surface area contributed by atoms with Gasteiger partial charge in [0.2, 0.25) is 0 Å². The van der Waals surface area contributed by atoms with E-state index in [2.05, 4.69) is 20.7 Å². The topological polar surface area (TPSA) is 93.0 Å². The van der Waals surface area contributed by atoms with Crippen LogP contribution in [0.2, 0.25) is 0 Å². The Kier molecular flexibility index (Phi) is 4.33. The Hall–Kier alpha value is -3.61. The third-order valence-corrected chi connectivity index (χ3v) is 4.41. The van der Waals surface area contributed by atoms with Gasteiger partial charge in [0, 0.05) is 10.9 Å². The van der Waals surface area contributed by atoms with Gasteiger partial charge in [0.05, 0.1) is 28.7 Å². The number of nitrogens with one attached hydrogen (secondary N) is 2. The molecule has 4 aromatic rings. The second kappa shape index (κ2) is 6.95. The Morgan fingerprint density at radius 3 is 2.74 bits per heavy atom. The average molecular weight is 362 g/mol. The molecule has 0 bridgehead atoms. The zero-order valence-electron chi connectivity index (χ0n) is 14.9. The Morgan fingerprint density at radius 1 is 1.19 bits per heavy atom. The van der Waals surface area contributed by atoms with Gasteiger partial charge in [0.25, 0.3) is 5.91 Å². The smallest absolute Gasteiger partial charge is 0.255 e. The fraction of sp³-hybridized carbons (Fsp3) is 0.150. The predicted molar refractivity (Wildman–Crippen MR) is 101 cm³/mol. The number of hydrogen-bond acceptors (Lipinski definition) is 5. The molecule has 2 N–H and O–H groups in total. The summed E-state index contributed by atoms with van der Waals surface area (Å²) in [6.45, 7) is 4.10. The van der Waals surface area contributed by atoms with E-state index in [4.69, 9.17) is 9.26 Å².